The molecule has 0 atom stereocenters. The molecule has 0 aliphatic carbocycles. The van der Waals surface area contributed by atoms with E-state index in [2.05, 4.69) is 44.7 Å². The minimum Gasteiger partial charge on any atom is -0.487 e. The number of hydrogen-bond acceptors (Lipinski definition) is 4. The van der Waals surface area contributed by atoms with E-state index in [1.807, 2.05) is 18.2 Å². The molecular formula is C22H24N2OS. The lowest BCUT2D eigenvalue weighted by atomic mass is 10.0. The summed E-state index contributed by atoms with van der Waals surface area (Å²) in [5.41, 5.74) is 5.88. The number of allylic oxidation sites excluding steroid dienone is 1. The van der Waals surface area contributed by atoms with Crippen LogP contribution in [-0.4, -0.2) is 17.1 Å². The highest BCUT2D eigenvalue weighted by Crippen LogP contribution is 2.32. The largest absolute Gasteiger partial charge is 0.487 e. The molecule has 26 heavy (non-hydrogen) atoms. The summed E-state index contributed by atoms with van der Waals surface area (Å²) in [6.07, 6.45) is 4.55. The normalized spacial score (nSPS) is 10.7. The summed E-state index contributed by atoms with van der Waals surface area (Å²) in [4.78, 5) is 10.7. The molecule has 0 saturated carbocycles. The molecule has 0 radical (unpaired) electrons. The van der Waals surface area contributed by atoms with E-state index in [9.17, 15) is 0 Å². The van der Waals surface area contributed by atoms with Crippen LogP contribution in [0, 0.1) is 6.92 Å². The van der Waals surface area contributed by atoms with Crippen molar-refractivity contribution in [2.45, 2.75) is 33.1 Å². The minimum absolute atomic E-state index is 0.767. The fourth-order valence-electron chi connectivity index (χ4n) is 2.96. The molecule has 1 aromatic carbocycles. The van der Waals surface area contributed by atoms with Gasteiger partial charge in [0.25, 0.3) is 0 Å². The van der Waals surface area contributed by atoms with Gasteiger partial charge >= 0.3 is 0 Å². The van der Waals surface area contributed by atoms with Gasteiger partial charge in [-0.1, -0.05) is 48.6 Å². The van der Waals surface area contributed by atoms with Gasteiger partial charge in [0.2, 0.25) is 0 Å². The summed E-state index contributed by atoms with van der Waals surface area (Å²) in [6.45, 7) is 8.12. The molecule has 0 saturated heterocycles. The summed E-state index contributed by atoms with van der Waals surface area (Å²) < 4.78 is 5.31. The number of hydrogen-bond donors (Lipinski definition) is 0. The van der Waals surface area contributed by atoms with E-state index in [4.69, 9.17) is 14.7 Å². The lowest BCUT2D eigenvalue weighted by molar-refractivity contribution is 0.427. The molecule has 0 bridgehead atoms. The summed E-state index contributed by atoms with van der Waals surface area (Å²) in [6, 6.07) is 12.8. The van der Waals surface area contributed by atoms with Crippen LogP contribution < -0.4 is 4.74 Å². The van der Waals surface area contributed by atoms with Gasteiger partial charge in [0.1, 0.15) is 0 Å². The smallest absolute Gasteiger partial charge is 0.174 e. The lowest BCUT2D eigenvalue weighted by Gasteiger charge is -2.12. The van der Waals surface area contributed by atoms with E-state index in [1.54, 1.807) is 18.4 Å². The van der Waals surface area contributed by atoms with Crippen molar-refractivity contribution in [2.24, 2.45) is 0 Å². The number of ether oxygens (including phenoxy) is 1. The number of aromatic nitrogens is 2. The van der Waals surface area contributed by atoms with Crippen molar-refractivity contribution in [1.82, 2.24) is 9.97 Å². The molecule has 0 unspecified atom stereocenters. The van der Waals surface area contributed by atoms with Crippen LogP contribution in [0.4, 0.5) is 0 Å². The number of nitrogens with zero attached hydrogens (tertiary/aromatic N) is 2. The number of rotatable bonds is 7. The fraction of sp³-hybridized carbons (Fsp3) is 0.273. The van der Waals surface area contributed by atoms with Gasteiger partial charge in [0, 0.05) is 12.1 Å². The SMILES string of the molecule is C=CCc1c(C)nc(-c2ccc(OC)s2)nc1Cc1ccc(CC)cc1. The van der Waals surface area contributed by atoms with Crippen molar-refractivity contribution in [2.75, 3.05) is 7.11 Å². The Hall–Kier alpha value is -2.46. The van der Waals surface area contributed by atoms with Crippen LogP contribution in [0.2, 0.25) is 0 Å². The van der Waals surface area contributed by atoms with Crippen LogP contribution in [0.1, 0.15) is 35.0 Å². The Balaban J connectivity index is 2.00. The molecule has 134 valence electrons. The second kappa shape index (κ2) is 8.28. The second-order valence-electron chi connectivity index (χ2n) is 6.22. The van der Waals surface area contributed by atoms with Crippen LogP contribution in [-0.2, 0) is 19.3 Å². The van der Waals surface area contributed by atoms with Gasteiger partial charge in [-0.15, -0.1) is 6.58 Å². The Labute approximate surface area is 159 Å². The molecule has 0 amide bonds. The van der Waals surface area contributed by atoms with Crippen LogP contribution in [0.15, 0.2) is 49.1 Å². The van der Waals surface area contributed by atoms with Gasteiger partial charge in [-0.05, 0) is 48.6 Å². The van der Waals surface area contributed by atoms with Crippen LogP contribution in [0.5, 0.6) is 5.06 Å². The summed E-state index contributed by atoms with van der Waals surface area (Å²) in [5.74, 6) is 0.767. The first kappa shape index (κ1) is 18.3. The fourth-order valence-corrected chi connectivity index (χ4v) is 3.71. The predicted octanol–water partition coefficient (Wildman–Crippen LogP) is 5.40. The third-order valence-electron chi connectivity index (χ3n) is 4.45. The van der Waals surface area contributed by atoms with Gasteiger partial charge in [-0.2, -0.15) is 0 Å². The van der Waals surface area contributed by atoms with Crippen molar-refractivity contribution in [3.63, 3.8) is 0 Å². The van der Waals surface area contributed by atoms with E-state index in [1.165, 1.54) is 16.7 Å². The molecule has 3 nitrogen and oxygen atoms in total. The topological polar surface area (TPSA) is 35.0 Å². The maximum Gasteiger partial charge on any atom is 0.174 e. The average Bonchev–Trinajstić information content (AvgIpc) is 3.14. The quantitative estimate of drug-likeness (QED) is 0.526. The third-order valence-corrected chi connectivity index (χ3v) is 5.50. The third kappa shape index (κ3) is 4.02. The highest BCUT2D eigenvalue weighted by Gasteiger charge is 2.14. The van der Waals surface area contributed by atoms with E-state index in [0.29, 0.717) is 0 Å². The summed E-state index contributed by atoms with van der Waals surface area (Å²) >= 11 is 1.57. The molecule has 0 spiro atoms. The van der Waals surface area contributed by atoms with Gasteiger partial charge in [-0.25, -0.2) is 9.97 Å². The number of aryl methyl sites for hydroxylation is 2. The zero-order valence-corrected chi connectivity index (χ0v) is 16.4. The number of benzene rings is 1. The highest BCUT2D eigenvalue weighted by atomic mass is 32.1. The Kier molecular flexibility index (Phi) is 5.84. The second-order valence-corrected chi connectivity index (χ2v) is 7.27. The van der Waals surface area contributed by atoms with E-state index in [-0.39, 0.29) is 0 Å². The van der Waals surface area contributed by atoms with Crippen molar-refractivity contribution < 1.29 is 4.74 Å². The zero-order valence-electron chi connectivity index (χ0n) is 15.6. The molecule has 0 aliphatic heterocycles. The lowest BCUT2D eigenvalue weighted by Crippen LogP contribution is -2.06. The number of thiophene rings is 1. The summed E-state index contributed by atoms with van der Waals surface area (Å²) in [5, 5.41) is 0.869. The van der Waals surface area contributed by atoms with Gasteiger partial charge in [0.15, 0.2) is 10.9 Å². The van der Waals surface area contributed by atoms with Crippen molar-refractivity contribution in [3.8, 4) is 15.8 Å². The molecule has 2 heterocycles. The summed E-state index contributed by atoms with van der Waals surface area (Å²) in [7, 11) is 1.68. The van der Waals surface area contributed by atoms with Gasteiger partial charge < -0.3 is 4.74 Å². The average molecular weight is 365 g/mol. The Morgan fingerprint density at radius 2 is 1.81 bits per heavy atom. The predicted molar refractivity (Wildman–Crippen MR) is 109 cm³/mol. The van der Waals surface area contributed by atoms with Crippen molar-refractivity contribution in [3.05, 3.63) is 77.1 Å². The Morgan fingerprint density at radius 1 is 1.08 bits per heavy atom. The van der Waals surface area contributed by atoms with Crippen molar-refractivity contribution in [1.29, 1.82) is 0 Å². The van der Waals surface area contributed by atoms with E-state index < -0.39 is 0 Å². The first-order valence-electron chi connectivity index (χ1n) is 8.83. The molecule has 3 rings (SSSR count). The molecule has 3 aromatic rings. The minimum atomic E-state index is 0.767. The monoisotopic (exact) mass is 364 g/mol. The van der Waals surface area contributed by atoms with Crippen LogP contribution in [0.3, 0.4) is 0 Å². The Morgan fingerprint density at radius 3 is 2.42 bits per heavy atom. The maximum atomic E-state index is 5.31. The standard InChI is InChI=1S/C22H24N2OS/c1-5-7-18-15(3)23-22(20-12-13-21(25-4)26-20)24-19(18)14-17-10-8-16(6-2)9-11-17/h5,8-13H,1,6-7,14H2,2-4H3. The molecule has 2 aromatic heterocycles. The van der Waals surface area contributed by atoms with Crippen LogP contribution in [0.25, 0.3) is 10.7 Å². The number of methoxy groups -OCH3 is 1. The molecular weight excluding hydrogens is 340 g/mol. The highest BCUT2D eigenvalue weighted by molar-refractivity contribution is 7.17. The molecule has 4 heteroatoms. The van der Waals surface area contributed by atoms with Crippen LogP contribution >= 0.6 is 11.3 Å². The zero-order chi connectivity index (χ0) is 18.5. The first-order valence-corrected chi connectivity index (χ1v) is 9.65. The first-order chi connectivity index (χ1) is 12.6. The van der Waals surface area contributed by atoms with E-state index >= 15 is 0 Å². The maximum absolute atomic E-state index is 5.31. The molecule has 0 aliphatic rings. The van der Waals surface area contributed by atoms with Gasteiger partial charge in [0.05, 0.1) is 17.7 Å². The van der Waals surface area contributed by atoms with Gasteiger partial charge in [-0.3, -0.25) is 0 Å². The van der Waals surface area contributed by atoms with Crippen molar-refractivity contribution >= 4 is 11.3 Å². The Bertz CT molecular complexity index is 897. The molecule has 0 fully saturated rings. The van der Waals surface area contributed by atoms with E-state index in [0.717, 1.165) is 46.4 Å². The molecule has 0 N–H and O–H groups in total.